The van der Waals surface area contributed by atoms with Gasteiger partial charge in [-0.3, -0.25) is 14.9 Å². The second-order valence-electron chi connectivity index (χ2n) is 4.19. The zero-order valence-corrected chi connectivity index (χ0v) is 11.6. The highest BCUT2D eigenvalue weighted by Gasteiger charge is 2.29. The van der Waals surface area contributed by atoms with Gasteiger partial charge in [0.05, 0.1) is 18.1 Å². The van der Waals surface area contributed by atoms with Gasteiger partial charge in [0.1, 0.15) is 6.54 Å². The number of rotatable bonds is 6. The Hall–Kier alpha value is -2.52. The predicted molar refractivity (Wildman–Crippen MR) is 68.8 cm³/mol. The summed E-state index contributed by atoms with van der Waals surface area (Å²) in [5.41, 5.74) is -0.307. The van der Waals surface area contributed by atoms with Gasteiger partial charge in [-0.05, 0) is 13.0 Å². The van der Waals surface area contributed by atoms with Crippen LogP contribution in [0.5, 0.6) is 11.5 Å². The Bertz CT molecular complexity index is 562. The molecule has 0 aromatic heterocycles. The molecule has 0 aliphatic heterocycles. The first-order valence-corrected chi connectivity index (χ1v) is 5.97. The number of carbonyl (C=O) groups is 1. The largest absolute Gasteiger partial charge is 0.493 e. The molecule has 1 rings (SSSR count). The van der Waals surface area contributed by atoms with E-state index in [1.165, 1.54) is 26.2 Å². The minimum atomic E-state index is -4.54. The van der Waals surface area contributed by atoms with Crippen molar-refractivity contribution in [2.24, 2.45) is 0 Å². The highest BCUT2D eigenvalue weighted by atomic mass is 19.4. The van der Waals surface area contributed by atoms with Crippen LogP contribution in [0, 0.1) is 10.1 Å². The Kier molecular flexibility index (Phi) is 5.55. The van der Waals surface area contributed by atoms with E-state index in [0.29, 0.717) is 0 Å². The van der Waals surface area contributed by atoms with Gasteiger partial charge in [-0.25, -0.2) is 0 Å². The van der Waals surface area contributed by atoms with Crippen LogP contribution in [-0.2, 0) is 4.79 Å². The van der Waals surface area contributed by atoms with E-state index in [1.807, 2.05) is 0 Å². The van der Waals surface area contributed by atoms with Gasteiger partial charge in [0.2, 0.25) is 0 Å². The lowest BCUT2D eigenvalue weighted by Gasteiger charge is -2.17. The zero-order chi connectivity index (χ0) is 16.9. The molecule has 122 valence electrons. The molecule has 0 aliphatic carbocycles. The molecule has 0 fully saturated rings. The van der Waals surface area contributed by atoms with Crippen LogP contribution in [0.3, 0.4) is 0 Å². The summed E-state index contributed by atoms with van der Waals surface area (Å²) >= 11 is 0. The normalized spacial score (nSPS) is 12.4. The number of nitrogens with zero attached hydrogens (tertiary/aromatic N) is 1. The van der Waals surface area contributed by atoms with Gasteiger partial charge in [0.15, 0.2) is 17.6 Å². The monoisotopic (exact) mass is 322 g/mol. The van der Waals surface area contributed by atoms with Gasteiger partial charge in [-0.15, -0.1) is 0 Å². The van der Waals surface area contributed by atoms with Crippen LogP contribution in [0.15, 0.2) is 18.2 Å². The van der Waals surface area contributed by atoms with E-state index in [1.54, 1.807) is 5.32 Å². The summed E-state index contributed by atoms with van der Waals surface area (Å²) < 4.78 is 46.1. The highest BCUT2D eigenvalue weighted by Crippen LogP contribution is 2.31. The summed E-state index contributed by atoms with van der Waals surface area (Å²) in [5.74, 6) is -1.02. The number of nitrogens with one attached hydrogen (secondary N) is 1. The van der Waals surface area contributed by atoms with Crippen molar-refractivity contribution in [1.82, 2.24) is 5.32 Å². The summed E-state index contributed by atoms with van der Waals surface area (Å²) in [7, 11) is 1.28. The third kappa shape index (κ3) is 5.11. The maximum atomic E-state index is 12.0. The molecule has 1 aromatic rings. The molecule has 0 aliphatic rings. The van der Waals surface area contributed by atoms with Gasteiger partial charge in [0, 0.05) is 6.07 Å². The van der Waals surface area contributed by atoms with Gasteiger partial charge < -0.3 is 14.8 Å². The Labute approximate surface area is 123 Å². The molecule has 0 radical (unpaired) electrons. The van der Waals surface area contributed by atoms with Crippen LogP contribution >= 0.6 is 0 Å². The minimum Gasteiger partial charge on any atom is -0.493 e. The van der Waals surface area contributed by atoms with Crippen LogP contribution in [0.2, 0.25) is 0 Å². The molecule has 0 saturated heterocycles. The highest BCUT2D eigenvalue weighted by molar-refractivity contribution is 5.80. The predicted octanol–water partition coefficient (Wildman–Crippen LogP) is 2.05. The minimum absolute atomic E-state index is 0.112. The van der Waals surface area contributed by atoms with Crippen molar-refractivity contribution in [2.75, 3.05) is 13.7 Å². The number of hydrogen-bond donors (Lipinski definition) is 1. The number of alkyl halides is 3. The SMILES string of the molecule is COc1ccc([N+](=O)[O-])cc1OC(C)C(=O)NCC(F)(F)F. The zero-order valence-electron chi connectivity index (χ0n) is 11.6. The average Bonchev–Trinajstić information content (AvgIpc) is 2.43. The number of amides is 1. The lowest BCUT2D eigenvalue weighted by Crippen LogP contribution is -2.41. The van der Waals surface area contributed by atoms with Crippen LogP contribution in [0.4, 0.5) is 18.9 Å². The molecule has 0 bridgehead atoms. The molecule has 1 N–H and O–H groups in total. The average molecular weight is 322 g/mol. The molecule has 7 nitrogen and oxygen atoms in total. The summed E-state index contributed by atoms with van der Waals surface area (Å²) in [5, 5.41) is 12.3. The van der Waals surface area contributed by atoms with Crippen molar-refractivity contribution >= 4 is 11.6 Å². The van der Waals surface area contributed by atoms with Crippen molar-refractivity contribution < 1.29 is 32.4 Å². The van der Waals surface area contributed by atoms with Gasteiger partial charge in [-0.1, -0.05) is 0 Å². The number of methoxy groups -OCH3 is 1. The summed E-state index contributed by atoms with van der Waals surface area (Å²) in [4.78, 5) is 21.5. The standard InChI is InChI=1S/C12H13F3N2O5/c1-7(11(18)16-6-12(13,14)15)22-10-5-8(17(19)20)3-4-9(10)21-2/h3-5,7H,6H2,1-2H3,(H,16,18). The number of carbonyl (C=O) groups excluding carboxylic acids is 1. The van der Waals surface area contributed by atoms with Gasteiger partial charge in [0.25, 0.3) is 11.6 Å². The fourth-order valence-electron chi connectivity index (χ4n) is 1.45. The van der Waals surface area contributed by atoms with Crippen LogP contribution in [0.25, 0.3) is 0 Å². The second kappa shape index (κ2) is 6.96. The first-order chi connectivity index (χ1) is 10.1. The van der Waals surface area contributed by atoms with E-state index < -0.39 is 29.7 Å². The van der Waals surface area contributed by atoms with Crippen LogP contribution in [-0.4, -0.2) is 36.8 Å². The molecule has 1 amide bonds. The third-order valence-corrected chi connectivity index (χ3v) is 2.49. The van der Waals surface area contributed by atoms with E-state index in [2.05, 4.69) is 0 Å². The Balaban J connectivity index is 2.82. The Morgan fingerprint density at radius 3 is 2.55 bits per heavy atom. The van der Waals surface area contributed by atoms with Crippen molar-refractivity contribution in [3.63, 3.8) is 0 Å². The summed E-state index contributed by atoms with van der Waals surface area (Å²) in [6.45, 7) is -0.282. The third-order valence-electron chi connectivity index (χ3n) is 2.49. The number of nitro groups is 1. The lowest BCUT2D eigenvalue weighted by molar-refractivity contribution is -0.385. The molecular weight excluding hydrogens is 309 g/mol. The molecule has 1 atom stereocenters. The summed E-state index contributed by atoms with van der Waals surface area (Å²) in [6.07, 6.45) is -5.84. The topological polar surface area (TPSA) is 90.7 Å². The molecule has 1 aromatic carbocycles. The smallest absolute Gasteiger partial charge is 0.405 e. The van der Waals surface area contributed by atoms with Gasteiger partial charge >= 0.3 is 6.18 Å². The number of nitro benzene ring substituents is 1. The summed E-state index contributed by atoms with van der Waals surface area (Å²) in [6, 6.07) is 3.44. The molecule has 0 spiro atoms. The van der Waals surface area contributed by atoms with E-state index in [0.717, 1.165) is 6.07 Å². The van der Waals surface area contributed by atoms with E-state index in [-0.39, 0.29) is 17.2 Å². The fourth-order valence-corrected chi connectivity index (χ4v) is 1.45. The van der Waals surface area contributed by atoms with Crippen molar-refractivity contribution in [3.05, 3.63) is 28.3 Å². The van der Waals surface area contributed by atoms with Crippen molar-refractivity contribution in [3.8, 4) is 11.5 Å². The number of non-ortho nitro benzene ring substituents is 1. The fraction of sp³-hybridized carbons (Fsp3) is 0.417. The van der Waals surface area contributed by atoms with Crippen LogP contribution < -0.4 is 14.8 Å². The van der Waals surface area contributed by atoms with E-state index >= 15 is 0 Å². The van der Waals surface area contributed by atoms with Crippen LogP contribution in [0.1, 0.15) is 6.92 Å². The second-order valence-corrected chi connectivity index (χ2v) is 4.19. The number of hydrogen-bond acceptors (Lipinski definition) is 5. The molecular formula is C12H13F3N2O5. The quantitative estimate of drug-likeness (QED) is 0.639. The number of ether oxygens (including phenoxy) is 2. The molecule has 0 heterocycles. The number of benzene rings is 1. The van der Waals surface area contributed by atoms with Crippen molar-refractivity contribution in [1.29, 1.82) is 0 Å². The molecule has 0 saturated carbocycles. The Morgan fingerprint density at radius 1 is 1.41 bits per heavy atom. The molecule has 10 heteroatoms. The first-order valence-electron chi connectivity index (χ1n) is 5.97. The Morgan fingerprint density at radius 2 is 2.05 bits per heavy atom. The number of halogens is 3. The van der Waals surface area contributed by atoms with Gasteiger partial charge in [-0.2, -0.15) is 13.2 Å². The maximum absolute atomic E-state index is 12.0. The van der Waals surface area contributed by atoms with E-state index in [9.17, 15) is 28.1 Å². The van der Waals surface area contributed by atoms with Crippen molar-refractivity contribution in [2.45, 2.75) is 19.2 Å². The van der Waals surface area contributed by atoms with E-state index in [4.69, 9.17) is 9.47 Å². The molecule has 22 heavy (non-hydrogen) atoms. The maximum Gasteiger partial charge on any atom is 0.405 e. The lowest BCUT2D eigenvalue weighted by atomic mass is 10.2. The first kappa shape index (κ1) is 17.5. The molecule has 1 unspecified atom stereocenters.